The Hall–Kier alpha value is -1.62. The molecule has 0 spiro atoms. The van der Waals surface area contributed by atoms with E-state index in [1.807, 2.05) is 0 Å². The van der Waals surface area contributed by atoms with Crippen molar-refractivity contribution in [3.8, 4) is 0 Å². The minimum Gasteiger partial charge on any atom is -0.203 e. The highest BCUT2D eigenvalue weighted by atomic mass is 19.4. The number of alkyl halides is 9. The monoisotopic (exact) mass is 336 g/mol. The smallest absolute Gasteiger partial charge is 0.203 e. The van der Waals surface area contributed by atoms with E-state index in [1.54, 1.807) is 0 Å². The second kappa shape index (κ2) is 4.70. The van der Waals surface area contributed by atoms with Crippen LogP contribution >= 0.6 is 0 Å². The molecule has 0 N–H and O–H groups in total. The summed E-state index contributed by atoms with van der Waals surface area (Å²) in [6, 6.07) is 0. The average molecular weight is 336 g/mol. The van der Waals surface area contributed by atoms with Gasteiger partial charge >= 0.3 is 18.5 Å². The zero-order valence-electron chi connectivity index (χ0n) is 9.04. The molecule has 0 nitrogen and oxygen atoms in total. The van der Waals surface area contributed by atoms with Crippen molar-refractivity contribution in [1.82, 2.24) is 0 Å². The zero-order chi connectivity index (χ0) is 17.0. The Bertz CT molecular complexity index is 517. The predicted molar refractivity (Wildman–Crippen MR) is 41.3 cm³/mol. The third-order valence-electron chi connectivity index (χ3n) is 2.17. The quantitative estimate of drug-likeness (QED) is 0.453. The van der Waals surface area contributed by atoms with Crippen molar-refractivity contribution >= 4 is 0 Å². The molecule has 0 fully saturated rings. The molecule has 0 unspecified atom stereocenters. The molecular weight excluding hydrogens is 336 g/mol. The first kappa shape index (κ1) is 17.4. The summed E-state index contributed by atoms with van der Waals surface area (Å²) in [6.45, 7) is 0. The van der Waals surface area contributed by atoms with Crippen LogP contribution in [0, 0.1) is 17.5 Å². The highest BCUT2D eigenvalue weighted by molar-refractivity contribution is 5.43. The summed E-state index contributed by atoms with van der Waals surface area (Å²) in [5.74, 6) is -10.1. The van der Waals surface area contributed by atoms with Gasteiger partial charge in [0.25, 0.3) is 0 Å². The molecule has 21 heavy (non-hydrogen) atoms. The van der Waals surface area contributed by atoms with Crippen LogP contribution < -0.4 is 0 Å². The molecule has 0 amide bonds. The van der Waals surface area contributed by atoms with Crippen LogP contribution in [-0.2, 0) is 18.5 Å². The number of benzene rings is 1. The van der Waals surface area contributed by atoms with E-state index in [4.69, 9.17) is 0 Å². The summed E-state index contributed by atoms with van der Waals surface area (Å²) in [4.78, 5) is 0. The molecule has 1 aromatic carbocycles. The van der Waals surface area contributed by atoms with Crippen molar-refractivity contribution in [3.05, 3.63) is 34.1 Å². The lowest BCUT2D eigenvalue weighted by Gasteiger charge is -2.22. The van der Waals surface area contributed by atoms with Crippen LogP contribution in [0.5, 0.6) is 0 Å². The summed E-state index contributed by atoms with van der Waals surface area (Å²) in [7, 11) is 0. The van der Waals surface area contributed by atoms with E-state index >= 15 is 0 Å². The van der Waals surface area contributed by atoms with Gasteiger partial charge in [-0.3, -0.25) is 0 Å². The van der Waals surface area contributed by atoms with Gasteiger partial charge in [-0.1, -0.05) is 0 Å². The summed E-state index contributed by atoms with van der Waals surface area (Å²) in [6.07, 6.45) is -19.1. The molecule has 0 heterocycles. The van der Waals surface area contributed by atoms with E-state index in [0.717, 1.165) is 0 Å². The highest BCUT2D eigenvalue weighted by Gasteiger charge is 2.55. The molecule has 0 aromatic heterocycles. The van der Waals surface area contributed by atoms with Gasteiger partial charge in [0.2, 0.25) is 0 Å². The molecular formula is C9F12. The molecule has 1 aromatic rings. The summed E-state index contributed by atoms with van der Waals surface area (Å²) < 4.78 is 150. The number of hydrogen-bond donors (Lipinski definition) is 0. The molecule has 0 aliphatic rings. The van der Waals surface area contributed by atoms with Crippen molar-refractivity contribution in [2.75, 3.05) is 0 Å². The van der Waals surface area contributed by atoms with E-state index in [-0.39, 0.29) is 0 Å². The lowest BCUT2D eigenvalue weighted by atomic mass is 9.97. The minimum atomic E-state index is -6.43. The fourth-order valence-electron chi connectivity index (χ4n) is 1.48. The Morgan fingerprint density at radius 1 is 0.381 bits per heavy atom. The molecule has 0 bridgehead atoms. The third-order valence-corrected chi connectivity index (χ3v) is 2.17. The van der Waals surface area contributed by atoms with Crippen LogP contribution in [0.15, 0.2) is 0 Å². The van der Waals surface area contributed by atoms with Crippen molar-refractivity contribution in [2.24, 2.45) is 0 Å². The SMILES string of the molecule is Fc1c(F)c(C(F)(F)F)c(C(F)(F)F)c(C(F)(F)F)c1F. The Morgan fingerprint density at radius 3 is 0.810 bits per heavy atom. The van der Waals surface area contributed by atoms with E-state index in [2.05, 4.69) is 0 Å². The van der Waals surface area contributed by atoms with E-state index < -0.39 is 52.7 Å². The maximum absolute atomic E-state index is 12.9. The van der Waals surface area contributed by atoms with Gasteiger partial charge < -0.3 is 0 Å². The van der Waals surface area contributed by atoms with Gasteiger partial charge in [0, 0.05) is 0 Å². The Morgan fingerprint density at radius 2 is 0.619 bits per heavy atom. The average Bonchev–Trinajstić information content (AvgIpc) is 2.19. The lowest BCUT2D eigenvalue weighted by molar-refractivity contribution is -0.177. The molecule has 0 atom stereocenters. The van der Waals surface area contributed by atoms with Crippen LogP contribution in [0.2, 0.25) is 0 Å². The Balaban J connectivity index is 4.12. The summed E-state index contributed by atoms with van der Waals surface area (Å²) in [5, 5.41) is 0. The second-order valence-electron chi connectivity index (χ2n) is 3.56. The fourth-order valence-corrected chi connectivity index (χ4v) is 1.48. The van der Waals surface area contributed by atoms with Gasteiger partial charge in [0.05, 0.1) is 5.56 Å². The Kier molecular flexibility index (Phi) is 3.90. The highest BCUT2D eigenvalue weighted by Crippen LogP contribution is 2.49. The van der Waals surface area contributed by atoms with Gasteiger partial charge in [-0.2, -0.15) is 39.5 Å². The number of halogens is 12. The van der Waals surface area contributed by atoms with Gasteiger partial charge in [0.1, 0.15) is 11.1 Å². The summed E-state index contributed by atoms with van der Waals surface area (Å²) in [5.41, 5.74) is -10.8. The van der Waals surface area contributed by atoms with Crippen molar-refractivity contribution in [2.45, 2.75) is 18.5 Å². The third kappa shape index (κ3) is 3.02. The predicted octanol–water partition coefficient (Wildman–Crippen LogP) is 5.16. The maximum Gasteiger partial charge on any atom is 0.419 e. The van der Waals surface area contributed by atoms with E-state index in [1.165, 1.54) is 0 Å². The van der Waals surface area contributed by atoms with Gasteiger partial charge in [-0.05, 0) is 0 Å². The first-order valence-corrected chi connectivity index (χ1v) is 4.52. The molecule has 0 aliphatic heterocycles. The molecule has 0 saturated heterocycles. The van der Waals surface area contributed by atoms with Crippen LogP contribution in [-0.4, -0.2) is 0 Å². The van der Waals surface area contributed by atoms with Crippen molar-refractivity contribution in [3.63, 3.8) is 0 Å². The molecule has 120 valence electrons. The number of hydrogen-bond acceptors (Lipinski definition) is 0. The molecule has 0 aliphatic carbocycles. The first-order valence-electron chi connectivity index (χ1n) is 4.52. The fraction of sp³-hybridized carbons (Fsp3) is 0.333. The number of rotatable bonds is 0. The standard InChI is InChI=1S/C9F12/c10-4-2(8(16,17)18)1(7(13,14)15)3(9(19,20)21)5(11)6(4)12. The van der Waals surface area contributed by atoms with Gasteiger partial charge in [0.15, 0.2) is 17.5 Å². The van der Waals surface area contributed by atoms with Crippen molar-refractivity contribution in [1.29, 1.82) is 0 Å². The van der Waals surface area contributed by atoms with Gasteiger partial charge in [-0.15, -0.1) is 0 Å². The van der Waals surface area contributed by atoms with Crippen LogP contribution in [0.4, 0.5) is 52.7 Å². The van der Waals surface area contributed by atoms with Gasteiger partial charge in [-0.25, -0.2) is 13.2 Å². The van der Waals surface area contributed by atoms with Crippen LogP contribution in [0.1, 0.15) is 16.7 Å². The first-order chi connectivity index (χ1) is 9.10. The zero-order valence-corrected chi connectivity index (χ0v) is 9.04. The van der Waals surface area contributed by atoms with E-state index in [9.17, 15) is 52.7 Å². The Labute approximate surface area is 107 Å². The second-order valence-corrected chi connectivity index (χ2v) is 3.56. The largest absolute Gasteiger partial charge is 0.419 e. The summed E-state index contributed by atoms with van der Waals surface area (Å²) >= 11 is 0. The van der Waals surface area contributed by atoms with E-state index in [0.29, 0.717) is 0 Å². The molecule has 1 rings (SSSR count). The maximum atomic E-state index is 12.9. The normalized spacial score (nSPS) is 13.7. The minimum absolute atomic E-state index is 3.30. The molecule has 0 radical (unpaired) electrons. The lowest BCUT2D eigenvalue weighted by Crippen LogP contribution is -2.27. The molecule has 12 heteroatoms. The van der Waals surface area contributed by atoms with Crippen molar-refractivity contribution < 1.29 is 52.7 Å². The molecule has 0 saturated carbocycles. The van der Waals surface area contributed by atoms with Crippen LogP contribution in [0.3, 0.4) is 0 Å². The topological polar surface area (TPSA) is 0 Å². The van der Waals surface area contributed by atoms with Crippen LogP contribution in [0.25, 0.3) is 0 Å².